The van der Waals surface area contributed by atoms with E-state index in [-0.39, 0.29) is 161 Å². The van der Waals surface area contributed by atoms with Crippen molar-refractivity contribution in [2.75, 3.05) is 37.0 Å². The van der Waals surface area contributed by atoms with Crippen LogP contribution in [-0.2, 0) is 57.5 Å². The molecule has 386 valence electrons. The number of carbonyl (C=O) groups excluding carboxylic acids is 4. The van der Waals surface area contributed by atoms with Crippen LogP contribution < -0.4 is 125 Å². The number of nitrogens with zero attached hydrogens (tertiary/aromatic N) is 9. The summed E-state index contributed by atoms with van der Waals surface area (Å²) in [6, 6.07) is 37.4. The van der Waals surface area contributed by atoms with Crippen LogP contribution >= 0.6 is 69.6 Å². The van der Waals surface area contributed by atoms with E-state index in [0.717, 1.165) is 5.69 Å². The average Bonchev–Trinajstić information content (AvgIpc) is 3.35. The fraction of sp³-hybridized carbons (Fsp3) is 0.196. The van der Waals surface area contributed by atoms with Crippen LogP contribution in [0.5, 0.6) is 0 Å². The summed E-state index contributed by atoms with van der Waals surface area (Å²) >= 11 is 33.2. The first kappa shape index (κ1) is 69.2. The second kappa shape index (κ2) is 37.9. The van der Waals surface area contributed by atoms with Crippen LogP contribution in [0.15, 0.2) is 158 Å². The van der Waals surface area contributed by atoms with Crippen LogP contribution in [0, 0.1) is 0 Å². The van der Waals surface area contributed by atoms with E-state index in [9.17, 15) is 14.4 Å². The number of anilines is 3. The third-order valence-corrected chi connectivity index (χ3v) is 8.74. The van der Waals surface area contributed by atoms with E-state index in [4.69, 9.17) is 111 Å². The maximum atomic E-state index is 11.9. The maximum absolute atomic E-state index is 11.9. The number of ether oxygens (including phenoxy) is 3. The third kappa shape index (κ3) is 31.2. The van der Waals surface area contributed by atoms with Gasteiger partial charge in [0.25, 0.3) is 6.47 Å². The molecule has 0 bridgehead atoms. The molecule has 0 atom stereocenters. The number of halogens is 6. The van der Waals surface area contributed by atoms with E-state index < -0.39 is 25.5 Å². The summed E-state index contributed by atoms with van der Waals surface area (Å²) in [5.41, 5.74) is 21.5. The third-order valence-electron chi connectivity index (χ3n) is 8.08. The van der Waals surface area contributed by atoms with E-state index in [1.807, 2.05) is 78.9 Å². The number of nitrogens with two attached hydrogens (primary N) is 3. The Labute approximate surface area is 546 Å². The van der Waals surface area contributed by atoms with Crippen LogP contribution in [-0.4, -0.2) is 66.7 Å². The van der Waals surface area contributed by atoms with Gasteiger partial charge in [0.2, 0.25) is 7.59 Å². The second-order valence-corrected chi connectivity index (χ2v) is 18.8. The topological polar surface area (TPSA) is 319 Å². The number of azo groups is 3. The molecule has 0 radical (unpaired) electrons. The van der Waals surface area contributed by atoms with Gasteiger partial charge in [-0.25, -0.2) is 9.97 Å². The molecule has 0 aliphatic rings. The van der Waals surface area contributed by atoms with Gasteiger partial charge in [-0.2, -0.15) is 15.3 Å². The zero-order valence-electron chi connectivity index (χ0n) is 41.1. The van der Waals surface area contributed by atoms with Crippen LogP contribution in [0.25, 0.3) is 0 Å². The summed E-state index contributed by atoms with van der Waals surface area (Å²) in [4.78, 5) is 59.0. The summed E-state index contributed by atoms with van der Waals surface area (Å²) in [6.45, 7) is 1.05. The molecule has 6 rings (SSSR count). The number of hydrogen-bond donors (Lipinski definition) is 3. The van der Waals surface area contributed by atoms with Crippen LogP contribution in [0.4, 0.5) is 51.6 Å². The van der Waals surface area contributed by atoms with Gasteiger partial charge in [-0.05, 0) is 79.7 Å². The molecule has 6 aromatic rings. The molecule has 0 aliphatic heterocycles. The quantitative estimate of drug-likeness (QED) is 0.0171. The zero-order valence-corrected chi connectivity index (χ0v) is 50.9. The number of nitrogen functional groups attached to an aromatic ring is 3. The summed E-state index contributed by atoms with van der Waals surface area (Å²) in [7, 11) is 0. The minimum atomic E-state index is -1.69. The normalized spacial score (nSPS) is 10.7. The first-order chi connectivity index (χ1) is 34.8. The molecule has 3 aromatic heterocycles. The van der Waals surface area contributed by atoms with Gasteiger partial charge in [-0.3, -0.25) is 24.2 Å². The molecule has 3 aromatic carbocycles. The number of carbonyl (C=O) groups is 4. The van der Waals surface area contributed by atoms with Crippen molar-refractivity contribution in [2.45, 2.75) is 33.8 Å². The number of esters is 3. The van der Waals surface area contributed by atoms with E-state index in [2.05, 4.69) is 50.5 Å². The number of rotatable bonds is 16. The monoisotopic (exact) mass is 1200 g/mol. The molecule has 3 heterocycles. The summed E-state index contributed by atoms with van der Waals surface area (Å²) in [6.07, 6.45) is -0.373. The van der Waals surface area contributed by atoms with Crippen molar-refractivity contribution in [1.82, 2.24) is 15.0 Å². The second-order valence-electron chi connectivity index (χ2n) is 13.8. The molecule has 29 heteroatoms. The van der Waals surface area contributed by atoms with Crippen molar-refractivity contribution in [3.05, 3.63) is 144 Å². The Hall–Kier alpha value is -3.84. The minimum absolute atomic E-state index is 0. The molecule has 0 saturated carbocycles. The van der Waals surface area contributed by atoms with E-state index >= 15 is 0 Å². The first-order valence-electron chi connectivity index (χ1n) is 20.8. The maximum Gasteiger partial charge on any atom is 1.00 e. The predicted molar refractivity (Wildman–Crippen MR) is 276 cm³/mol. The van der Waals surface area contributed by atoms with Gasteiger partial charge in [0, 0.05) is 0 Å². The smallest absolute Gasteiger partial charge is 1.00 e. The fourth-order valence-corrected chi connectivity index (χ4v) is 5.34. The van der Waals surface area contributed by atoms with Crippen molar-refractivity contribution in [3.63, 3.8) is 0 Å². The summed E-state index contributed by atoms with van der Waals surface area (Å²) < 4.78 is 11.4. The molecule has 75 heavy (non-hydrogen) atoms. The largest absolute Gasteiger partial charge is 1.00 e. The van der Waals surface area contributed by atoms with E-state index in [1.165, 1.54) is 0 Å². The molecular weight excluding hydrogens is 1160 g/mol. The Morgan fingerprint density at radius 1 is 0.533 bits per heavy atom. The van der Waals surface area contributed by atoms with Crippen LogP contribution in [0.2, 0.25) is 0 Å². The number of benzene rings is 3. The Morgan fingerprint density at radius 3 is 1.27 bits per heavy atom. The summed E-state index contributed by atoms with van der Waals surface area (Å²) in [5, 5.41) is 32.8. The number of alkyl halides is 6. The summed E-state index contributed by atoms with van der Waals surface area (Å²) in [5.74, 6) is -0.860. The van der Waals surface area contributed by atoms with Crippen molar-refractivity contribution in [2.24, 2.45) is 30.7 Å². The number of aromatic nitrogens is 3. The van der Waals surface area contributed by atoms with Gasteiger partial charge >= 0.3 is 121 Å². The van der Waals surface area contributed by atoms with Crippen molar-refractivity contribution in [1.29, 1.82) is 0 Å². The fourth-order valence-electron chi connectivity index (χ4n) is 5.01. The molecule has 0 aliphatic carbocycles. The van der Waals surface area contributed by atoms with Gasteiger partial charge in [0.15, 0.2) is 11.6 Å². The Bertz CT molecular complexity index is 2800. The Balaban J connectivity index is 0.00000108. The SMILES string of the molecule is CCOC(=O)Cc1nc(CC(=O)OCC(Cl)(Cl)Cl)ccc1N=Nc1ccccc1.Nc1ccc(N=Nc2ccccc2)c(N)n1.Nc1nc(CC(=O)OCC(Cl)(Cl)Cl)ccc1N=Nc1ccccc1.O=CO[O-].[H-].[K+].[K+]. The molecule has 0 amide bonds. The average molecular weight is 1200 g/mol. The Kier molecular flexibility index (Phi) is 34.9. The van der Waals surface area contributed by atoms with Crippen molar-refractivity contribution >= 4 is 146 Å². The molecule has 0 unspecified atom stereocenters. The van der Waals surface area contributed by atoms with Gasteiger partial charge in [0.1, 0.15) is 36.1 Å². The molecular formula is C46H44Cl6K2N12O9. The van der Waals surface area contributed by atoms with Gasteiger partial charge in [-0.15, -0.1) is 15.3 Å². The zero-order chi connectivity index (χ0) is 53.7. The van der Waals surface area contributed by atoms with E-state index in [1.54, 1.807) is 55.5 Å². The molecule has 0 saturated heterocycles. The number of hydrogen-bond acceptors (Lipinski definition) is 21. The van der Waals surface area contributed by atoms with Gasteiger partial charge in [0.05, 0.1) is 60.0 Å². The minimum Gasteiger partial charge on any atom is -1.00 e. The molecule has 0 spiro atoms. The number of pyridine rings is 3. The standard InChI is InChI=1S/C19H18Cl3N3O4.C15H13Cl3N4O2.C11H11N5.CH2O3.2K.H/c1-2-28-18(27)11-16-15(25-24-13-6-4-3-5-7-13)9-8-14(23-16)10-17(26)29-12-19(20,21)22;16-15(17,18)9-24-13(23)8-11-6-7-12(14(19)20-11)22-21-10-4-2-1-3-5-10;12-10-7-6-9(11(13)14-10)16-15-8-4-2-1-3-5-8;2-1-4-3;;;/h3-9H,2,10-12H2,1H3;1-7H,8-9H2,(H2,19,20);1-7H,(H4,12,13,14);1,3H;;;/q;;;;2*+1;-1/p-1. The van der Waals surface area contributed by atoms with Gasteiger partial charge < -0.3 is 43.0 Å². The predicted octanol–water partition coefficient (Wildman–Crippen LogP) is 4.81. The van der Waals surface area contributed by atoms with Crippen molar-refractivity contribution in [3.8, 4) is 0 Å². The van der Waals surface area contributed by atoms with Gasteiger partial charge in [-0.1, -0.05) is 124 Å². The van der Waals surface area contributed by atoms with Crippen molar-refractivity contribution < 1.29 is 148 Å². The van der Waals surface area contributed by atoms with E-state index in [0.29, 0.717) is 51.3 Å². The van der Waals surface area contributed by atoms with Crippen LogP contribution in [0.3, 0.4) is 0 Å². The Morgan fingerprint density at radius 2 is 0.893 bits per heavy atom. The van der Waals surface area contributed by atoms with Crippen LogP contribution in [0.1, 0.15) is 25.4 Å². The molecule has 21 nitrogen and oxygen atoms in total. The first-order valence-corrected chi connectivity index (χ1v) is 23.0. The molecule has 6 N–H and O–H groups in total. The molecule has 0 fully saturated rings.